The summed E-state index contributed by atoms with van der Waals surface area (Å²) in [5, 5.41) is 0. The Hall–Kier alpha value is -0.543. The smallest absolute Gasteiger partial charge is 0.114 e. The summed E-state index contributed by atoms with van der Waals surface area (Å²) in [5.74, 6) is 0. The molecule has 0 spiro atoms. The molecule has 0 radical (unpaired) electrons. The summed E-state index contributed by atoms with van der Waals surface area (Å²) in [6.07, 6.45) is 5.76. The van der Waals surface area contributed by atoms with Gasteiger partial charge in [0.05, 0.1) is 0 Å². The van der Waals surface area contributed by atoms with Crippen LogP contribution in [0.2, 0.25) is 19.6 Å². The summed E-state index contributed by atoms with van der Waals surface area (Å²) in [6.45, 7) is 10.3. The van der Waals surface area contributed by atoms with Gasteiger partial charge in [0.15, 0.2) is 0 Å². The fourth-order valence-corrected chi connectivity index (χ4v) is 5.19. The van der Waals surface area contributed by atoms with Crippen molar-refractivity contribution in [3.63, 3.8) is 0 Å². The van der Waals surface area contributed by atoms with Gasteiger partial charge in [0, 0.05) is 17.7 Å². The maximum absolute atomic E-state index is 4.49. The second-order valence-corrected chi connectivity index (χ2v) is 14.7. The van der Waals surface area contributed by atoms with Gasteiger partial charge >= 0.3 is 0 Å². The lowest BCUT2D eigenvalue weighted by Gasteiger charge is -2.15. The van der Waals surface area contributed by atoms with Crippen molar-refractivity contribution in [2.75, 3.05) is 6.54 Å². The third kappa shape index (κ3) is 7.02. The Bertz CT molecular complexity index is 382. The first-order chi connectivity index (χ1) is 8.51. The molecule has 0 N–H and O–H groups in total. The zero-order valence-electron chi connectivity index (χ0n) is 12.1. The van der Waals surface area contributed by atoms with Crippen molar-refractivity contribution >= 4 is 24.6 Å². The molecule has 18 heavy (non-hydrogen) atoms. The van der Waals surface area contributed by atoms with Crippen molar-refractivity contribution in [2.45, 2.75) is 50.7 Å². The number of benzene rings is 1. The molecule has 0 saturated carbocycles. The molecule has 100 valence electrons. The molecule has 0 aliphatic carbocycles. The zero-order chi connectivity index (χ0) is 13.4. The van der Waals surface area contributed by atoms with E-state index < -0.39 is 7.22 Å². The number of nitrogens with zero attached hydrogens (tertiary/aromatic N) is 1. The first-order valence-corrected chi connectivity index (χ1v) is 11.8. The number of hydrogen-bond acceptors (Lipinski definition) is 2. The summed E-state index contributed by atoms with van der Waals surface area (Å²) >= 11 is 2.04. The van der Waals surface area contributed by atoms with E-state index in [0.29, 0.717) is 0 Å². The lowest BCUT2D eigenvalue weighted by molar-refractivity contribution is 0.729. The molecule has 0 fully saturated rings. The normalized spacial score (nSPS) is 12.2. The molecular formula is C15H25NSSi. The molecule has 0 atom stereocenters. The van der Waals surface area contributed by atoms with Crippen LogP contribution in [0.4, 0.5) is 0 Å². The predicted octanol–water partition coefficient (Wildman–Crippen LogP) is 5.22. The van der Waals surface area contributed by atoms with E-state index in [-0.39, 0.29) is 0 Å². The van der Waals surface area contributed by atoms with Crippen molar-refractivity contribution in [3.05, 3.63) is 29.8 Å². The molecule has 0 aromatic heterocycles. The molecule has 1 aromatic carbocycles. The largest absolute Gasteiger partial charge is 0.293 e. The third-order valence-electron chi connectivity index (χ3n) is 2.41. The highest BCUT2D eigenvalue weighted by Crippen LogP contribution is 2.29. The Labute approximate surface area is 117 Å². The minimum absolute atomic E-state index is 0.958. The van der Waals surface area contributed by atoms with Crippen LogP contribution in [0, 0.1) is 0 Å². The quantitative estimate of drug-likeness (QED) is 0.378. The minimum atomic E-state index is -1.10. The van der Waals surface area contributed by atoms with Gasteiger partial charge in [-0.2, -0.15) is 11.2 Å². The van der Waals surface area contributed by atoms with Gasteiger partial charge in [0.2, 0.25) is 0 Å². The van der Waals surface area contributed by atoms with Crippen LogP contribution in [0.3, 0.4) is 0 Å². The lowest BCUT2D eigenvalue weighted by Crippen LogP contribution is -2.13. The van der Waals surface area contributed by atoms with Crippen LogP contribution in [0.1, 0.15) is 31.7 Å². The van der Waals surface area contributed by atoms with Crippen molar-refractivity contribution in [3.8, 4) is 0 Å². The van der Waals surface area contributed by atoms with E-state index in [9.17, 15) is 0 Å². The van der Waals surface area contributed by atoms with Gasteiger partial charge in [-0.1, -0.05) is 51.5 Å². The summed E-state index contributed by atoms with van der Waals surface area (Å²) < 4.78 is 0. The summed E-state index contributed by atoms with van der Waals surface area (Å²) in [5.41, 5.74) is 1.23. The van der Waals surface area contributed by atoms with Gasteiger partial charge in [0.1, 0.15) is 7.22 Å². The van der Waals surface area contributed by atoms with Gasteiger partial charge < -0.3 is 0 Å². The zero-order valence-corrected chi connectivity index (χ0v) is 13.9. The third-order valence-corrected chi connectivity index (χ3v) is 6.06. The number of hydrogen-bond donors (Lipinski definition) is 0. The van der Waals surface area contributed by atoms with E-state index in [1.165, 1.54) is 29.7 Å². The van der Waals surface area contributed by atoms with Gasteiger partial charge in [0.25, 0.3) is 0 Å². The first kappa shape index (κ1) is 15.5. The van der Waals surface area contributed by atoms with Crippen molar-refractivity contribution in [2.24, 2.45) is 4.99 Å². The predicted molar refractivity (Wildman–Crippen MR) is 87.6 cm³/mol. The monoisotopic (exact) mass is 279 g/mol. The Morgan fingerprint density at radius 3 is 2.67 bits per heavy atom. The average Bonchev–Trinajstić information content (AvgIpc) is 2.27. The number of aliphatic imine (C=N–C) groups is 1. The van der Waals surface area contributed by atoms with Crippen molar-refractivity contribution in [1.29, 1.82) is 0 Å². The van der Waals surface area contributed by atoms with Crippen molar-refractivity contribution < 1.29 is 0 Å². The fraction of sp³-hybridized carbons (Fsp3) is 0.533. The van der Waals surface area contributed by atoms with Crippen LogP contribution in [-0.2, 0) is 0 Å². The Morgan fingerprint density at radius 2 is 2.00 bits per heavy atom. The number of unbranched alkanes of at least 4 members (excludes halogenated alkanes) is 2. The molecule has 3 heteroatoms. The molecule has 0 saturated heterocycles. The van der Waals surface area contributed by atoms with Gasteiger partial charge in [-0.15, -0.1) is 0 Å². The van der Waals surface area contributed by atoms with E-state index in [0.717, 1.165) is 6.54 Å². The maximum atomic E-state index is 4.49. The van der Waals surface area contributed by atoms with Gasteiger partial charge in [-0.25, -0.2) is 0 Å². The van der Waals surface area contributed by atoms with Crippen LogP contribution in [0.5, 0.6) is 0 Å². The average molecular weight is 280 g/mol. The minimum Gasteiger partial charge on any atom is -0.293 e. The molecule has 0 bridgehead atoms. The highest BCUT2D eigenvalue weighted by molar-refractivity contribution is 8.28. The molecule has 1 rings (SSSR count). The molecule has 0 unspecified atom stereocenters. The SMILES string of the molecule is CCCCC/N=C\c1cccc(S[Si](C)(C)C)c1. The molecular weight excluding hydrogens is 254 g/mol. The molecule has 0 aliphatic heterocycles. The topological polar surface area (TPSA) is 12.4 Å². The van der Waals surface area contributed by atoms with E-state index in [2.05, 4.69) is 55.8 Å². The van der Waals surface area contributed by atoms with Crippen molar-refractivity contribution in [1.82, 2.24) is 0 Å². The molecule has 1 nitrogen and oxygen atoms in total. The summed E-state index contributed by atoms with van der Waals surface area (Å²) in [4.78, 5) is 5.87. The summed E-state index contributed by atoms with van der Waals surface area (Å²) in [6, 6.07) is 8.73. The standard InChI is InChI=1S/C15H25NSSi/c1-5-6-7-11-16-13-14-9-8-10-15(12-14)17-18(2,3)4/h8-10,12-13H,5-7,11H2,1-4H3/b16-13-. The van der Waals surface area contributed by atoms with Gasteiger partial charge in [-0.3, -0.25) is 4.99 Å². The lowest BCUT2D eigenvalue weighted by atomic mass is 10.2. The molecule has 0 amide bonds. The second kappa shape index (κ2) is 7.80. The van der Waals surface area contributed by atoms with E-state index >= 15 is 0 Å². The van der Waals surface area contributed by atoms with Crippen LogP contribution < -0.4 is 0 Å². The Balaban J connectivity index is 2.54. The Morgan fingerprint density at radius 1 is 1.22 bits per heavy atom. The maximum Gasteiger partial charge on any atom is 0.114 e. The van der Waals surface area contributed by atoms with Crippen LogP contribution in [-0.4, -0.2) is 20.0 Å². The highest BCUT2D eigenvalue weighted by Gasteiger charge is 2.14. The van der Waals surface area contributed by atoms with Crippen LogP contribution >= 0.6 is 11.2 Å². The van der Waals surface area contributed by atoms with Gasteiger partial charge in [-0.05, 0) is 24.1 Å². The van der Waals surface area contributed by atoms with Crippen LogP contribution in [0.15, 0.2) is 34.2 Å². The summed E-state index contributed by atoms with van der Waals surface area (Å²) in [7, 11) is -1.10. The molecule has 0 heterocycles. The molecule has 1 aromatic rings. The van der Waals surface area contributed by atoms with E-state index in [4.69, 9.17) is 0 Å². The fourth-order valence-electron chi connectivity index (χ4n) is 1.63. The van der Waals surface area contributed by atoms with Crippen LogP contribution in [0.25, 0.3) is 0 Å². The van der Waals surface area contributed by atoms with E-state index in [1.807, 2.05) is 17.4 Å². The second-order valence-electron chi connectivity index (χ2n) is 5.53. The first-order valence-electron chi connectivity index (χ1n) is 6.80. The number of rotatable bonds is 7. The molecule has 0 aliphatic rings. The van der Waals surface area contributed by atoms with E-state index in [1.54, 1.807) is 0 Å². The highest BCUT2D eigenvalue weighted by atomic mass is 32.4. The Kier molecular flexibility index (Phi) is 6.72.